The Morgan fingerprint density at radius 1 is 1.71 bits per heavy atom. The Kier molecular flexibility index (Phi) is 4.89. The summed E-state index contributed by atoms with van der Waals surface area (Å²) < 4.78 is 6.50. The van der Waals surface area contributed by atoms with Gasteiger partial charge < -0.3 is 10.1 Å². The number of nitro groups is 1. The van der Waals surface area contributed by atoms with Crippen LogP contribution in [0, 0.1) is 10.1 Å². The summed E-state index contributed by atoms with van der Waals surface area (Å²) in [5.41, 5.74) is -0.00953. The molecule has 17 heavy (non-hydrogen) atoms. The molecule has 1 rings (SSSR count). The van der Waals surface area contributed by atoms with Crippen molar-refractivity contribution in [1.29, 1.82) is 0 Å². The number of nitrogens with zero attached hydrogens (tertiary/aromatic N) is 3. The third-order valence-corrected chi connectivity index (χ3v) is 2.35. The summed E-state index contributed by atoms with van der Waals surface area (Å²) in [6, 6.07) is 0.0404. The van der Waals surface area contributed by atoms with E-state index in [-0.39, 0.29) is 11.7 Å². The molecule has 7 heteroatoms. The van der Waals surface area contributed by atoms with Crippen molar-refractivity contribution in [2.75, 3.05) is 19.0 Å². The van der Waals surface area contributed by atoms with Crippen LogP contribution in [-0.2, 0) is 11.8 Å². The van der Waals surface area contributed by atoms with Crippen LogP contribution in [0.25, 0.3) is 0 Å². The Bertz CT molecular complexity index is 372. The van der Waals surface area contributed by atoms with E-state index in [1.54, 1.807) is 14.2 Å². The molecule has 0 saturated heterocycles. The van der Waals surface area contributed by atoms with Gasteiger partial charge in [-0.05, 0) is 6.42 Å². The van der Waals surface area contributed by atoms with Crippen molar-refractivity contribution < 1.29 is 9.66 Å². The Morgan fingerprint density at radius 3 is 2.94 bits per heavy atom. The molecule has 0 saturated carbocycles. The number of hydrogen-bond donors (Lipinski definition) is 1. The first-order chi connectivity index (χ1) is 8.08. The van der Waals surface area contributed by atoms with Crippen molar-refractivity contribution in [1.82, 2.24) is 9.78 Å². The topological polar surface area (TPSA) is 82.2 Å². The highest BCUT2D eigenvalue weighted by atomic mass is 16.6. The summed E-state index contributed by atoms with van der Waals surface area (Å²) in [5.74, 6) is 0.299. The Hall–Kier alpha value is -1.63. The number of aromatic nitrogens is 2. The third kappa shape index (κ3) is 3.70. The van der Waals surface area contributed by atoms with Crippen LogP contribution in [0.3, 0.4) is 0 Å². The Balaban J connectivity index is 2.80. The van der Waals surface area contributed by atoms with Crippen molar-refractivity contribution in [2.45, 2.75) is 25.8 Å². The lowest BCUT2D eigenvalue weighted by molar-refractivity contribution is -0.384. The van der Waals surface area contributed by atoms with Gasteiger partial charge in [-0.25, -0.2) is 0 Å². The van der Waals surface area contributed by atoms with E-state index in [0.717, 1.165) is 12.8 Å². The fourth-order valence-corrected chi connectivity index (χ4v) is 1.65. The van der Waals surface area contributed by atoms with Crippen LogP contribution in [0.1, 0.15) is 19.8 Å². The van der Waals surface area contributed by atoms with Gasteiger partial charge >= 0.3 is 5.69 Å². The molecule has 0 amide bonds. The molecule has 0 aliphatic rings. The molecular formula is C10H18N4O3. The van der Waals surface area contributed by atoms with E-state index in [1.165, 1.54) is 10.9 Å². The average Bonchev–Trinajstić information content (AvgIpc) is 2.60. The maximum Gasteiger partial charge on any atom is 0.330 e. The summed E-state index contributed by atoms with van der Waals surface area (Å²) in [5, 5.41) is 17.9. The number of nitrogens with one attached hydrogen (secondary N) is 1. The second kappa shape index (κ2) is 6.19. The number of methoxy groups -OCH3 is 1. The van der Waals surface area contributed by atoms with E-state index in [0.29, 0.717) is 12.4 Å². The smallest absolute Gasteiger partial charge is 0.330 e. The molecule has 96 valence electrons. The molecule has 1 aromatic rings. The summed E-state index contributed by atoms with van der Waals surface area (Å²) >= 11 is 0. The van der Waals surface area contributed by atoms with Crippen LogP contribution in [0.4, 0.5) is 11.5 Å². The summed E-state index contributed by atoms with van der Waals surface area (Å²) in [7, 11) is 3.26. The van der Waals surface area contributed by atoms with Gasteiger partial charge in [-0.15, -0.1) is 5.10 Å². The normalized spacial score (nSPS) is 12.4. The van der Waals surface area contributed by atoms with E-state index in [2.05, 4.69) is 17.3 Å². The van der Waals surface area contributed by atoms with E-state index in [1.807, 2.05) is 0 Å². The predicted molar refractivity (Wildman–Crippen MR) is 64.1 cm³/mol. The first kappa shape index (κ1) is 13.4. The number of ether oxygens (including phenoxy) is 1. The Labute approximate surface area is 99.9 Å². The molecule has 1 atom stereocenters. The molecule has 0 aromatic carbocycles. The van der Waals surface area contributed by atoms with Gasteiger partial charge in [0.2, 0.25) is 5.82 Å². The van der Waals surface area contributed by atoms with Crippen LogP contribution in [-0.4, -0.2) is 34.5 Å². The average molecular weight is 242 g/mol. The fourth-order valence-electron chi connectivity index (χ4n) is 1.65. The zero-order valence-electron chi connectivity index (χ0n) is 10.3. The lowest BCUT2D eigenvalue weighted by Crippen LogP contribution is -2.25. The van der Waals surface area contributed by atoms with Gasteiger partial charge in [0.1, 0.15) is 6.20 Å². The first-order valence-corrected chi connectivity index (χ1v) is 5.52. The largest absolute Gasteiger partial charge is 0.383 e. The van der Waals surface area contributed by atoms with Gasteiger partial charge in [0.15, 0.2) is 0 Å². The molecular weight excluding hydrogens is 224 g/mol. The number of rotatable bonds is 7. The van der Waals surface area contributed by atoms with Crippen LogP contribution < -0.4 is 5.32 Å². The fraction of sp³-hybridized carbons (Fsp3) is 0.700. The van der Waals surface area contributed by atoms with E-state index in [9.17, 15) is 10.1 Å². The maximum atomic E-state index is 10.8. The number of hydrogen-bond acceptors (Lipinski definition) is 5. The second-order valence-corrected chi connectivity index (χ2v) is 3.88. The minimum absolute atomic E-state index is 0.00953. The molecule has 0 aliphatic carbocycles. The number of aryl methyl sites for hydroxylation is 1. The molecule has 0 bridgehead atoms. The van der Waals surface area contributed by atoms with Gasteiger partial charge in [-0.2, -0.15) is 0 Å². The minimum atomic E-state index is -0.439. The summed E-state index contributed by atoms with van der Waals surface area (Å²) in [6.45, 7) is 2.55. The van der Waals surface area contributed by atoms with Crippen LogP contribution in [0.15, 0.2) is 6.20 Å². The van der Waals surface area contributed by atoms with Gasteiger partial charge in [0.05, 0.1) is 17.6 Å². The van der Waals surface area contributed by atoms with E-state index in [4.69, 9.17) is 4.74 Å². The monoisotopic (exact) mass is 242 g/mol. The van der Waals surface area contributed by atoms with Crippen molar-refractivity contribution in [2.24, 2.45) is 7.05 Å². The van der Waals surface area contributed by atoms with Gasteiger partial charge in [-0.1, -0.05) is 13.3 Å². The Morgan fingerprint density at radius 2 is 2.41 bits per heavy atom. The first-order valence-electron chi connectivity index (χ1n) is 5.52. The molecule has 1 heterocycles. The summed E-state index contributed by atoms with van der Waals surface area (Å²) in [4.78, 5) is 10.4. The molecule has 1 unspecified atom stereocenters. The predicted octanol–water partition coefficient (Wildman–Crippen LogP) is 1.56. The zero-order valence-corrected chi connectivity index (χ0v) is 10.3. The van der Waals surface area contributed by atoms with Gasteiger partial charge in [0.25, 0.3) is 0 Å². The highest BCUT2D eigenvalue weighted by Gasteiger charge is 2.20. The lowest BCUT2D eigenvalue weighted by Gasteiger charge is -2.16. The van der Waals surface area contributed by atoms with Crippen molar-refractivity contribution >= 4 is 11.5 Å². The SMILES string of the molecule is CCCC(COC)Nc1nn(C)cc1[N+](=O)[O-]. The standard InChI is InChI=1S/C10H18N4O3/c1-4-5-8(7-17-3)11-10-9(14(15)16)6-13(2)12-10/h6,8H,4-5,7H2,1-3H3,(H,11,12). The van der Waals surface area contributed by atoms with Crippen LogP contribution in [0.5, 0.6) is 0 Å². The van der Waals surface area contributed by atoms with Crippen molar-refractivity contribution in [3.63, 3.8) is 0 Å². The molecule has 0 fully saturated rings. The van der Waals surface area contributed by atoms with E-state index >= 15 is 0 Å². The zero-order chi connectivity index (χ0) is 12.8. The number of anilines is 1. The van der Waals surface area contributed by atoms with Crippen LogP contribution >= 0.6 is 0 Å². The highest BCUT2D eigenvalue weighted by Crippen LogP contribution is 2.22. The van der Waals surface area contributed by atoms with Crippen molar-refractivity contribution in [3.05, 3.63) is 16.3 Å². The van der Waals surface area contributed by atoms with Crippen LogP contribution in [0.2, 0.25) is 0 Å². The van der Waals surface area contributed by atoms with Gasteiger partial charge in [-0.3, -0.25) is 14.8 Å². The molecule has 0 radical (unpaired) electrons. The third-order valence-electron chi connectivity index (χ3n) is 2.35. The lowest BCUT2D eigenvalue weighted by atomic mass is 10.2. The molecule has 0 aliphatic heterocycles. The highest BCUT2D eigenvalue weighted by molar-refractivity contribution is 5.55. The molecule has 1 N–H and O–H groups in total. The maximum absolute atomic E-state index is 10.8. The van der Waals surface area contributed by atoms with E-state index < -0.39 is 4.92 Å². The summed E-state index contributed by atoms with van der Waals surface area (Å²) in [6.07, 6.45) is 3.24. The molecule has 0 spiro atoms. The van der Waals surface area contributed by atoms with Gasteiger partial charge in [0, 0.05) is 14.2 Å². The minimum Gasteiger partial charge on any atom is -0.383 e. The van der Waals surface area contributed by atoms with Crippen molar-refractivity contribution in [3.8, 4) is 0 Å². The molecule has 7 nitrogen and oxygen atoms in total. The molecule has 1 aromatic heterocycles. The quantitative estimate of drug-likeness (QED) is 0.579. The second-order valence-electron chi connectivity index (χ2n) is 3.88.